The normalized spacial score (nSPS) is 12.2. The average Bonchev–Trinajstić information content (AvgIpc) is 3.24. The predicted molar refractivity (Wildman–Crippen MR) is 142 cm³/mol. The summed E-state index contributed by atoms with van der Waals surface area (Å²) in [6.07, 6.45) is 1.05. The Bertz CT molecular complexity index is 1560. The molecule has 5 aromatic rings. The zero-order valence-corrected chi connectivity index (χ0v) is 22.0. The fourth-order valence-corrected chi connectivity index (χ4v) is 6.87. The highest BCUT2D eigenvalue weighted by Gasteiger charge is 2.41. The molecule has 0 N–H and O–H groups in total. The van der Waals surface area contributed by atoms with Crippen LogP contribution in [0.2, 0.25) is 0 Å². The zero-order chi connectivity index (χ0) is 26.2. The van der Waals surface area contributed by atoms with Crippen LogP contribution in [0.5, 0.6) is 5.88 Å². The van der Waals surface area contributed by atoms with Crippen LogP contribution in [0.15, 0.2) is 112 Å². The minimum Gasteiger partial charge on any atom is -0.415 e. The summed E-state index contributed by atoms with van der Waals surface area (Å²) in [5.41, 5.74) is 1.76. The first-order chi connectivity index (χ1) is 17.7. The Hall–Kier alpha value is -3.56. The summed E-state index contributed by atoms with van der Waals surface area (Å²) in [7, 11) is -3.68. The Morgan fingerprint density at radius 1 is 0.811 bits per heavy atom. The van der Waals surface area contributed by atoms with Crippen LogP contribution in [0.1, 0.15) is 16.7 Å². The molecule has 5 rings (SSSR count). The first-order valence-corrected chi connectivity index (χ1v) is 14.0. The lowest BCUT2D eigenvalue weighted by Crippen LogP contribution is -2.38. The van der Waals surface area contributed by atoms with Crippen molar-refractivity contribution in [3.8, 4) is 5.88 Å². The Kier molecular flexibility index (Phi) is 6.59. The third-order valence-electron chi connectivity index (χ3n) is 6.21. The number of rotatable bonds is 7. The van der Waals surface area contributed by atoms with Gasteiger partial charge in [-0.15, -0.1) is 5.10 Å². The van der Waals surface area contributed by atoms with Gasteiger partial charge in [0.2, 0.25) is 5.88 Å². The van der Waals surface area contributed by atoms with Gasteiger partial charge in [-0.3, -0.25) is 0 Å². The van der Waals surface area contributed by atoms with Crippen LogP contribution in [0.3, 0.4) is 0 Å². The van der Waals surface area contributed by atoms with Gasteiger partial charge in [-0.1, -0.05) is 91.0 Å². The topological polar surface area (TPSA) is 61.2 Å². The van der Waals surface area contributed by atoms with Crippen LogP contribution in [0, 0.1) is 0 Å². The van der Waals surface area contributed by atoms with Gasteiger partial charge in [0.05, 0.1) is 20.3 Å². The van der Waals surface area contributed by atoms with Gasteiger partial charge in [-0.05, 0) is 44.8 Å². The summed E-state index contributed by atoms with van der Waals surface area (Å²) in [4.78, 5) is -0.0524. The van der Waals surface area contributed by atoms with Crippen molar-refractivity contribution in [1.29, 1.82) is 0 Å². The quantitative estimate of drug-likeness (QED) is 0.202. The van der Waals surface area contributed by atoms with Gasteiger partial charge in [0, 0.05) is 6.26 Å². The number of fused-ring (bicyclic) bond motifs is 1. The molecule has 188 valence electrons. The number of halogens is 3. The Morgan fingerprint density at radius 2 is 1.27 bits per heavy atom. The number of hydrogen-bond donors (Lipinski definition) is 0. The zero-order valence-electron chi connectivity index (χ0n) is 19.6. The van der Waals surface area contributed by atoms with Crippen molar-refractivity contribution < 1.29 is 21.9 Å². The number of sulfone groups is 1. The fraction of sp³-hybridized carbons (Fsp3) is 0.107. The number of alkyl halides is 2. The van der Waals surface area contributed by atoms with Crippen molar-refractivity contribution in [3.63, 3.8) is 0 Å². The smallest absolute Gasteiger partial charge is 0.388 e. The van der Waals surface area contributed by atoms with Crippen molar-refractivity contribution in [2.45, 2.75) is 17.0 Å². The molecule has 0 aliphatic heterocycles. The molecule has 0 fully saturated rings. The molecule has 4 aromatic carbocycles. The van der Waals surface area contributed by atoms with E-state index in [1.54, 1.807) is 10.7 Å². The van der Waals surface area contributed by atoms with Crippen molar-refractivity contribution in [2.75, 3.05) is 6.26 Å². The first kappa shape index (κ1) is 25.1. The van der Waals surface area contributed by atoms with E-state index in [0.717, 1.165) is 22.9 Å². The molecule has 0 unspecified atom stereocenters. The van der Waals surface area contributed by atoms with Gasteiger partial charge in [0.15, 0.2) is 9.84 Å². The van der Waals surface area contributed by atoms with Crippen LogP contribution in [-0.2, 0) is 15.4 Å². The van der Waals surface area contributed by atoms with E-state index in [0.29, 0.717) is 5.52 Å². The van der Waals surface area contributed by atoms with Gasteiger partial charge >= 0.3 is 6.61 Å². The van der Waals surface area contributed by atoms with Crippen molar-refractivity contribution >= 4 is 36.7 Å². The predicted octanol–water partition coefficient (Wildman–Crippen LogP) is 6.64. The van der Waals surface area contributed by atoms with Crippen molar-refractivity contribution in [2.24, 2.45) is 0 Å². The fourth-order valence-electron chi connectivity index (χ4n) is 4.74. The van der Waals surface area contributed by atoms with Crippen LogP contribution in [-0.4, -0.2) is 31.1 Å². The molecule has 9 heteroatoms. The minimum atomic E-state index is -3.68. The summed E-state index contributed by atoms with van der Waals surface area (Å²) in [6, 6.07) is 31.8. The van der Waals surface area contributed by atoms with E-state index >= 15 is 0 Å². The summed E-state index contributed by atoms with van der Waals surface area (Å²) in [5.74, 6) is -0.380. The molecule has 0 atom stereocenters. The third kappa shape index (κ3) is 4.32. The number of benzene rings is 4. The third-order valence-corrected chi connectivity index (χ3v) is 8.44. The summed E-state index contributed by atoms with van der Waals surface area (Å²) < 4.78 is 58.7. The summed E-state index contributed by atoms with van der Waals surface area (Å²) >= 11 is 3.35. The molecular formula is C28H21BrF2N2O3S. The molecule has 1 heterocycles. The first-order valence-electron chi connectivity index (χ1n) is 11.3. The molecule has 0 spiro atoms. The van der Waals surface area contributed by atoms with E-state index < -0.39 is 22.0 Å². The number of nitrogens with zero attached hydrogens (tertiary/aromatic N) is 2. The Morgan fingerprint density at radius 3 is 1.68 bits per heavy atom. The van der Waals surface area contributed by atoms with Gasteiger partial charge in [-0.2, -0.15) is 8.78 Å². The van der Waals surface area contributed by atoms with Gasteiger partial charge in [0.1, 0.15) is 5.54 Å². The van der Waals surface area contributed by atoms with Gasteiger partial charge in [-0.25, -0.2) is 13.1 Å². The molecule has 0 saturated heterocycles. The average molecular weight is 583 g/mol. The van der Waals surface area contributed by atoms with Crippen molar-refractivity contribution in [3.05, 3.63) is 124 Å². The summed E-state index contributed by atoms with van der Waals surface area (Å²) in [6.45, 7) is -3.17. The lowest BCUT2D eigenvalue weighted by Gasteiger charge is -2.36. The lowest BCUT2D eigenvalue weighted by molar-refractivity contribution is -0.0524. The van der Waals surface area contributed by atoms with E-state index in [2.05, 4.69) is 21.0 Å². The maximum atomic E-state index is 13.6. The molecule has 0 saturated carbocycles. The standard InChI is InChI=1S/C28H21BrF2N2O3S/c1-37(34,35)23-18-17-22-24(25(23)29)26(36-27(30)31)32-33(22)28(19-11-5-2-6-12-19,20-13-7-3-8-14-20)21-15-9-4-10-16-21/h2-18,27H,1H3. The second-order valence-electron chi connectivity index (χ2n) is 8.45. The Balaban J connectivity index is 1.99. The summed E-state index contributed by atoms with van der Waals surface area (Å²) in [5, 5.41) is 4.74. The van der Waals surface area contributed by atoms with Gasteiger partial charge < -0.3 is 4.74 Å². The lowest BCUT2D eigenvalue weighted by atomic mass is 9.77. The molecular weight excluding hydrogens is 562 g/mol. The second-order valence-corrected chi connectivity index (χ2v) is 11.2. The van der Waals surface area contributed by atoms with E-state index in [4.69, 9.17) is 4.74 Å². The van der Waals surface area contributed by atoms with Crippen LogP contribution >= 0.6 is 15.9 Å². The number of ether oxygens (including phenoxy) is 1. The SMILES string of the molecule is CS(=O)(=O)c1ccc2c(c(OC(F)F)nn2C(c2ccccc2)(c2ccccc2)c2ccccc2)c1Br. The molecule has 1 aromatic heterocycles. The Labute approximate surface area is 221 Å². The van der Waals surface area contributed by atoms with Crippen LogP contribution in [0.25, 0.3) is 10.9 Å². The molecule has 0 aliphatic rings. The number of aromatic nitrogens is 2. The van der Waals surface area contributed by atoms with E-state index in [9.17, 15) is 17.2 Å². The highest BCUT2D eigenvalue weighted by atomic mass is 79.9. The van der Waals surface area contributed by atoms with Crippen molar-refractivity contribution in [1.82, 2.24) is 9.78 Å². The minimum absolute atomic E-state index is 0.0524. The molecule has 0 amide bonds. The van der Waals surface area contributed by atoms with Crippen LogP contribution in [0.4, 0.5) is 8.78 Å². The maximum Gasteiger partial charge on any atom is 0.388 e. The molecule has 0 radical (unpaired) electrons. The van der Waals surface area contributed by atoms with Crippen LogP contribution < -0.4 is 4.74 Å². The highest BCUT2D eigenvalue weighted by molar-refractivity contribution is 9.10. The maximum absolute atomic E-state index is 13.6. The highest BCUT2D eigenvalue weighted by Crippen LogP contribution is 2.46. The largest absolute Gasteiger partial charge is 0.415 e. The molecule has 0 aliphatic carbocycles. The van der Waals surface area contributed by atoms with Gasteiger partial charge in [0.25, 0.3) is 0 Å². The second kappa shape index (κ2) is 9.72. The van der Waals surface area contributed by atoms with E-state index in [1.807, 2.05) is 91.0 Å². The van der Waals surface area contributed by atoms with E-state index in [1.165, 1.54) is 6.07 Å². The molecule has 5 nitrogen and oxygen atoms in total. The molecule has 0 bridgehead atoms. The van der Waals surface area contributed by atoms with E-state index in [-0.39, 0.29) is 20.6 Å². The number of hydrogen-bond acceptors (Lipinski definition) is 4. The monoisotopic (exact) mass is 582 g/mol. The molecule has 37 heavy (non-hydrogen) atoms.